The van der Waals surface area contributed by atoms with E-state index in [2.05, 4.69) is 55.4 Å². The Kier molecular flexibility index (Phi) is 67.8. The van der Waals surface area contributed by atoms with Crippen molar-refractivity contribution in [1.29, 1.82) is 0 Å². The molecule has 17 nitrogen and oxygen atoms in total. The molecule has 3 N–H and O–H groups in total. The highest BCUT2D eigenvalue weighted by Crippen LogP contribution is 2.45. The minimum absolute atomic E-state index is 0.105. The molecule has 0 aliphatic carbocycles. The van der Waals surface area contributed by atoms with Crippen LogP contribution in [0.15, 0.2) is 0 Å². The van der Waals surface area contributed by atoms with Crippen LogP contribution in [-0.2, 0) is 65.4 Å². The molecule has 0 aromatic heterocycles. The predicted molar refractivity (Wildman–Crippen MR) is 404 cm³/mol. The molecule has 0 bridgehead atoms. The lowest BCUT2D eigenvalue weighted by Crippen LogP contribution is -2.30. The van der Waals surface area contributed by atoms with Crippen LogP contribution >= 0.6 is 15.6 Å². The summed E-state index contributed by atoms with van der Waals surface area (Å²) < 4.78 is 68.7. The molecule has 19 heteroatoms. The fourth-order valence-electron chi connectivity index (χ4n) is 12.2. The zero-order valence-electron chi connectivity index (χ0n) is 65.1. The fraction of sp³-hybridized carbons (Fsp3) is 0.950. The van der Waals surface area contributed by atoms with Crippen LogP contribution in [0.2, 0.25) is 0 Å². The lowest BCUT2D eigenvalue weighted by Gasteiger charge is -2.21. The first kappa shape index (κ1) is 97.1. The number of aliphatic hydroxyl groups excluding tert-OH is 1. The lowest BCUT2D eigenvalue weighted by atomic mass is 9.99. The SMILES string of the molecule is CCC(C)CCCCCCCCCCCCC(=O)OC[C@H](COP(=O)(O)OC[C@@H](O)COP(=O)(O)OC[C@@H](COC(=O)CCCCCCCCCCC(C)CC)OC(=O)CCCCCCCCCCCC(C)C)OC(=O)CCCCCCCCCCCCCCCCCCCCC(C)C. The number of rotatable bonds is 77. The van der Waals surface area contributed by atoms with E-state index in [-0.39, 0.29) is 25.7 Å². The number of unbranched alkanes of at least 4 members (excludes halogenated alkanes) is 41. The standard InChI is InChI=1S/C80H156O17P2/c1-9-72(7)58-50-42-34-26-21-22-27-36-44-52-60-77(82)90-66-75(96-79(84)62-54-46-38-28-20-18-16-14-12-11-13-15-17-19-24-32-40-48-56-70(3)4)68-94-98(86,87)92-64-74(81)65-93-99(88,89)95-69-76(97-80(85)63-55-47-39-29-23-25-33-41-49-57-71(5)6)67-91-78(83)61-53-45-37-31-30-35-43-51-59-73(8)10-2/h70-76,81H,9-69H2,1-8H3,(H,86,87)(H,88,89)/t72?,73?,74-,75-,76-/m1/s1. The Balaban J connectivity index is 5.24. The quantitative estimate of drug-likeness (QED) is 0.0222. The maximum atomic E-state index is 13.1. The first-order chi connectivity index (χ1) is 47.7. The third-order valence-electron chi connectivity index (χ3n) is 19.3. The Morgan fingerprint density at radius 1 is 0.283 bits per heavy atom. The van der Waals surface area contributed by atoms with Gasteiger partial charge in [-0.15, -0.1) is 0 Å². The maximum absolute atomic E-state index is 13.1. The zero-order chi connectivity index (χ0) is 73.1. The molecule has 0 heterocycles. The normalized spacial score (nSPS) is 14.6. The summed E-state index contributed by atoms with van der Waals surface area (Å²) in [5, 5.41) is 10.6. The van der Waals surface area contributed by atoms with Crippen molar-refractivity contribution in [3.05, 3.63) is 0 Å². The highest BCUT2D eigenvalue weighted by molar-refractivity contribution is 7.47. The van der Waals surface area contributed by atoms with Crippen LogP contribution in [0.5, 0.6) is 0 Å². The van der Waals surface area contributed by atoms with Gasteiger partial charge >= 0.3 is 39.5 Å². The van der Waals surface area contributed by atoms with E-state index in [9.17, 15) is 43.2 Å². The minimum Gasteiger partial charge on any atom is -0.462 e. The summed E-state index contributed by atoms with van der Waals surface area (Å²) in [6, 6.07) is 0. The van der Waals surface area contributed by atoms with E-state index in [0.717, 1.165) is 114 Å². The van der Waals surface area contributed by atoms with Crippen molar-refractivity contribution < 1.29 is 80.2 Å². The van der Waals surface area contributed by atoms with E-state index in [0.29, 0.717) is 25.7 Å². The maximum Gasteiger partial charge on any atom is 0.472 e. The van der Waals surface area contributed by atoms with Gasteiger partial charge in [-0.1, -0.05) is 357 Å². The molecule has 0 amide bonds. The second-order valence-electron chi connectivity index (χ2n) is 30.2. The van der Waals surface area contributed by atoms with Crippen LogP contribution in [0.3, 0.4) is 0 Å². The van der Waals surface area contributed by atoms with Crippen molar-refractivity contribution in [2.45, 2.75) is 427 Å². The molecule has 0 radical (unpaired) electrons. The Bertz CT molecular complexity index is 1940. The number of hydrogen-bond donors (Lipinski definition) is 3. The molecule has 588 valence electrons. The van der Waals surface area contributed by atoms with Crippen LogP contribution in [-0.4, -0.2) is 96.7 Å². The number of carbonyl (C=O) groups excluding carboxylic acids is 4. The van der Waals surface area contributed by atoms with Crippen LogP contribution in [0.4, 0.5) is 0 Å². The van der Waals surface area contributed by atoms with Gasteiger partial charge < -0.3 is 33.8 Å². The third-order valence-corrected chi connectivity index (χ3v) is 21.2. The van der Waals surface area contributed by atoms with Crippen LogP contribution in [0.1, 0.15) is 409 Å². The second kappa shape index (κ2) is 69.1. The topological polar surface area (TPSA) is 237 Å². The number of phosphoric ester groups is 2. The van der Waals surface area contributed by atoms with Crippen molar-refractivity contribution in [2.24, 2.45) is 23.7 Å². The van der Waals surface area contributed by atoms with Gasteiger partial charge in [-0.25, -0.2) is 9.13 Å². The summed E-state index contributed by atoms with van der Waals surface area (Å²) in [5.74, 6) is 1.03. The fourth-order valence-corrected chi connectivity index (χ4v) is 13.8. The molecule has 0 aliphatic rings. The summed E-state index contributed by atoms with van der Waals surface area (Å²) in [6.07, 6.45) is 55.4. The molecule has 0 saturated heterocycles. The molecule has 0 aliphatic heterocycles. The van der Waals surface area contributed by atoms with Crippen molar-refractivity contribution in [3.8, 4) is 0 Å². The molecular weight excluding hydrogens is 1290 g/mol. The highest BCUT2D eigenvalue weighted by atomic mass is 31.2. The summed E-state index contributed by atoms with van der Waals surface area (Å²) >= 11 is 0. The molecule has 7 atom stereocenters. The monoisotopic (exact) mass is 1450 g/mol. The summed E-state index contributed by atoms with van der Waals surface area (Å²) in [7, 11) is -9.92. The first-order valence-corrected chi connectivity index (χ1v) is 44.3. The lowest BCUT2D eigenvalue weighted by molar-refractivity contribution is -0.161. The number of phosphoric acid groups is 2. The number of aliphatic hydroxyl groups is 1. The third kappa shape index (κ3) is 71.5. The van der Waals surface area contributed by atoms with Crippen LogP contribution < -0.4 is 0 Å². The van der Waals surface area contributed by atoms with E-state index in [1.807, 2.05) is 0 Å². The van der Waals surface area contributed by atoms with Gasteiger partial charge in [0, 0.05) is 25.7 Å². The van der Waals surface area contributed by atoms with Crippen molar-refractivity contribution in [3.63, 3.8) is 0 Å². The number of hydrogen-bond acceptors (Lipinski definition) is 15. The smallest absolute Gasteiger partial charge is 0.462 e. The highest BCUT2D eigenvalue weighted by Gasteiger charge is 2.30. The number of ether oxygens (including phenoxy) is 4. The van der Waals surface area contributed by atoms with Crippen LogP contribution in [0.25, 0.3) is 0 Å². The molecule has 0 aromatic rings. The molecule has 99 heavy (non-hydrogen) atoms. The molecule has 0 rings (SSSR count). The van der Waals surface area contributed by atoms with Gasteiger partial charge in [0.05, 0.1) is 26.4 Å². The Morgan fingerprint density at radius 2 is 0.485 bits per heavy atom. The van der Waals surface area contributed by atoms with Crippen molar-refractivity contribution in [2.75, 3.05) is 39.6 Å². The number of esters is 4. The second-order valence-corrected chi connectivity index (χ2v) is 33.1. The summed E-state index contributed by atoms with van der Waals surface area (Å²) in [5.41, 5.74) is 0. The van der Waals surface area contributed by atoms with E-state index in [1.54, 1.807) is 0 Å². The Hall–Kier alpha value is -1.94. The van der Waals surface area contributed by atoms with Gasteiger partial charge in [0.1, 0.15) is 19.3 Å². The molecule has 0 aromatic carbocycles. The summed E-state index contributed by atoms with van der Waals surface area (Å²) in [4.78, 5) is 73.0. The first-order valence-electron chi connectivity index (χ1n) is 41.3. The van der Waals surface area contributed by atoms with Gasteiger partial charge in [-0.05, 0) is 49.4 Å². The average molecular weight is 1450 g/mol. The molecule has 0 spiro atoms. The Labute approximate surface area is 607 Å². The van der Waals surface area contributed by atoms with E-state index in [1.165, 1.54) is 212 Å². The average Bonchev–Trinajstić information content (AvgIpc) is 0.971. The molecular formula is C80H156O17P2. The molecule has 0 fully saturated rings. The van der Waals surface area contributed by atoms with Crippen LogP contribution in [0, 0.1) is 23.7 Å². The van der Waals surface area contributed by atoms with E-state index in [4.69, 9.17) is 37.0 Å². The number of carbonyl (C=O) groups is 4. The van der Waals surface area contributed by atoms with Gasteiger partial charge in [-0.2, -0.15) is 0 Å². The van der Waals surface area contributed by atoms with E-state index < -0.39 is 97.5 Å². The minimum atomic E-state index is -4.96. The van der Waals surface area contributed by atoms with Gasteiger partial charge in [-0.3, -0.25) is 37.3 Å². The Morgan fingerprint density at radius 3 is 0.717 bits per heavy atom. The molecule has 4 unspecified atom stereocenters. The van der Waals surface area contributed by atoms with Gasteiger partial charge in [0.2, 0.25) is 0 Å². The predicted octanol–water partition coefficient (Wildman–Crippen LogP) is 23.6. The zero-order valence-corrected chi connectivity index (χ0v) is 66.9. The van der Waals surface area contributed by atoms with Gasteiger partial charge in [0.15, 0.2) is 12.2 Å². The van der Waals surface area contributed by atoms with Crippen molar-refractivity contribution in [1.82, 2.24) is 0 Å². The summed E-state index contributed by atoms with van der Waals surface area (Å²) in [6.45, 7) is 14.3. The molecule has 0 saturated carbocycles. The van der Waals surface area contributed by atoms with Gasteiger partial charge in [0.25, 0.3) is 0 Å². The van der Waals surface area contributed by atoms with Crippen molar-refractivity contribution >= 4 is 39.5 Å². The van der Waals surface area contributed by atoms with E-state index >= 15 is 0 Å². The largest absolute Gasteiger partial charge is 0.472 e.